The maximum Gasteiger partial charge on any atom is 0.309 e. The van der Waals surface area contributed by atoms with Crippen molar-refractivity contribution < 1.29 is 14.6 Å². The fraction of sp³-hybridized carbons (Fsp3) is 0.286. The van der Waals surface area contributed by atoms with Crippen LogP contribution in [-0.4, -0.2) is 27.7 Å². The molecule has 0 unspecified atom stereocenters. The molecule has 0 atom stereocenters. The third-order valence-electron chi connectivity index (χ3n) is 2.86. The fourth-order valence-electron chi connectivity index (χ4n) is 2.01. The molecule has 5 nitrogen and oxygen atoms in total. The van der Waals surface area contributed by atoms with Gasteiger partial charge in [0.05, 0.1) is 24.9 Å². The molecule has 0 amide bonds. The van der Waals surface area contributed by atoms with Crippen LogP contribution in [0.4, 0.5) is 0 Å². The highest BCUT2D eigenvalue weighted by atomic mass is 16.5. The number of hydrogen-bond donors (Lipinski definition) is 1. The number of aryl methyl sites for hydroxylation is 2. The van der Waals surface area contributed by atoms with Crippen LogP contribution in [0.2, 0.25) is 0 Å². The first-order chi connectivity index (χ1) is 9.01. The van der Waals surface area contributed by atoms with Crippen molar-refractivity contribution in [3.8, 4) is 11.4 Å². The highest BCUT2D eigenvalue weighted by Crippen LogP contribution is 2.25. The van der Waals surface area contributed by atoms with Gasteiger partial charge in [0, 0.05) is 6.20 Å². The normalized spacial score (nSPS) is 10.5. The van der Waals surface area contributed by atoms with Crippen molar-refractivity contribution in [2.45, 2.75) is 20.3 Å². The number of ether oxygens (including phenoxy) is 1. The van der Waals surface area contributed by atoms with E-state index in [4.69, 9.17) is 9.84 Å². The number of carboxylic acids is 1. The van der Waals surface area contributed by atoms with Crippen LogP contribution < -0.4 is 4.74 Å². The van der Waals surface area contributed by atoms with Gasteiger partial charge in [-0.1, -0.05) is 6.07 Å². The lowest BCUT2D eigenvalue weighted by Gasteiger charge is -2.11. The minimum Gasteiger partial charge on any atom is -0.495 e. The topological polar surface area (TPSA) is 64.3 Å². The van der Waals surface area contributed by atoms with E-state index in [1.165, 1.54) is 0 Å². The summed E-state index contributed by atoms with van der Waals surface area (Å²) in [7, 11) is 1.61. The van der Waals surface area contributed by atoms with Gasteiger partial charge in [0.1, 0.15) is 11.6 Å². The minimum absolute atomic E-state index is 0.0814. The largest absolute Gasteiger partial charge is 0.495 e. The molecule has 0 aliphatic rings. The zero-order chi connectivity index (χ0) is 14.0. The highest BCUT2D eigenvalue weighted by Gasteiger charge is 2.12. The van der Waals surface area contributed by atoms with Gasteiger partial charge in [0.2, 0.25) is 0 Å². The zero-order valence-electron chi connectivity index (χ0n) is 11.2. The lowest BCUT2D eigenvalue weighted by atomic mass is 10.2. The molecule has 2 aromatic rings. The first-order valence-electron chi connectivity index (χ1n) is 5.93. The van der Waals surface area contributed by atoms with Crippen LogP contribution >= 0.6 is 0 Å². The molecule has 0 aliphatic carbocycles. The number of aliphatic carboxylic acids is 1. The molecule has 1 N–H and O–H groups in total. The Balaban J connectivity index is 2.49. The van der Waals surface area contributed by atoms with Crippen LogP contribution in [0.5, 0.6) is 5.75 Å². The van der Waals surface area contributed by atoms with E-state index < -0.39 is 5.97 Å². The molecule has 100 valence electrons. The molecule has 0 spiro atoms. The highest BCUT2D eigenvalue weighted by molar-refractivity contribution is 5.69. The number of rotatable bonds is 4. The van der Waals surface area contributed by atoms with Gasteiger partial charge >= 0.3 is 5.97 Å². The first-order valence-corrected chi connectivity index (χ1v) is 5.93. The van der Waals surface area contributed by atoms with Gasteiger partial charge < -0.3 is 14.4 Å². The zero-order valence-corrected chi connectivity index (χ0v) is 11.2. The molecule has 0 saturated heterocycles. The number of methoxy groups -OCH3 is 1. The molecule has 1 aromatic carbocycles. The van der Waals surface area contributed by atoms with Crippen molar-refractivity contribution in [2.75, 3.05) is 7.11 Å². The number of hydrogen-bond acceptors (Lipinski definition) is 3. The summed E-state index contributed by atoms with van der Waals surface area (Å²) >= 11 is 0. The van der Waals surface area contributed by atoms with Gasteiger partial charge in [-0.2, -0.15) is 0 Å². The number of nitrogens with zero attached hydrogens (tertiary/aromatic N) is 2. The smallest absolute Gasteiger partial charge is 0.309 e. The molecule has 0 radical (unpaired) electrons. The van der Waals surface area contributed by atoms with Crippen molar-refractivity contribution in [3.63, 3.8) is 0 Å². The molecule has 0 fully saturated rings. The molecule has 1 aromatic heterocycles. The molecule has 0 aliphatic heterocycles. The molecular weight excluding hydrogens is 244 g/mol. The van der Waals surface area contributed by atoms with E-state index in [1.54, 1.807) is 13.3 Å². The van der Waals surface area contributed by atoms with E-state index in [9.17, 15) is 4.79 Å². The molecular formula is C14H16N2O3. The van der Waals surface area contributed by atoms with E-state index in [2.05, 4.69) is 4.98 Å². The van der Waals surface area contributed by atoms with Crippen molar-refractivity contribution in [3.05, 3.63) is 41.5 Å². The average molecular weight is 260 g/mol. The Morgan fingerprint density at radius 1 is 1.42 bits per heavy atom. The number of benzene rings is 1. The van der Waals surface area contributed by atoms with E-state index in [1.807, 2.05) is 36.6 Å². The second-order valence-corrected chi connectivity index (χ2v) is 4.40. The summed E-state index contributed by atoms with van der Waals surface area (Å²) < 4.78 is 7.19. The Hall–Kier alpha value is -2.30. The predicted molar refractivity (Wildman–Crippen MR) is 70.9 cm³/mol. The van der Waals surface area contributed by atoms with Crippen molar-refractivity contribution in [2.24, 2.45) is 0 Å². The quantitative estimate of drug-likeness (QED) is 0.914. The predicted octanol–water partition coefficient (Wildman–Crippen LogP) is 2.12. The monoisotopic (exact) mass is 260 g/mol. The average Bonchev–Trinajstić information content (AvgIpc) is 2.69. The number of imidazole rings is 1. The van der Waals surface area contributed by atoms with Crippen LogP contribution in [0.1, 0.15) is 17.1 Å². The maximum atomic E-state index is 10.7. The van der Waals surface area contributed by atoms with Crippen molar-refractivity contribution in [1.29, 1.82) is 0 Å². The van der Waals surface area contributed by atoms with Gasteiger partial charge in [-0.3, -0.25) is 4.79 Å². The number of carbonyl (C=O) groups is 1. The fourth-order valence-corrected chi connectivity index (χ4v) is 2.01. The Kier molecular flexibility index (Phi) is 3.55. The van der Waals surface area contributed by atoms with Gasteiger partial charge in [-0.25, -0.2) is 4.98 Å². The Bertz CT molecular complexity index is 617. The summed E-state index contributed by atoms with van der Waals surface area (Å²) in [6, 6.07) is 5.84. The van der Waals surface area contributed by atoms with Crippen molar-refractivity contribution in [1.82, 2.24) is 9.55 Å². The first kappa shape index (κ1) is 13.1. The minimum atomic E-state index is -0.888. The van der Waals surface area contributed by atoms with Crippen LogP contribution in [0.25, 0.3) is 5.69 Å². The summed E-state index contributed by atoms with van der Waals surface area (Å²) in [5.74, 6) is 0.578. The third-order valence-corrected chi connectivity index (χ3v) is 2.86. The maximum absolute atomic E-state index is 10.7. The van der Waals surface area contributed by atoms with Crippen LogP contribution in [0, 0.1) is 13.8 Å². The molecule has 5 heteroatoms. The molecule has 2 rings (SSSR count). The summed E-state index contributed by atoms with van der Waals surface area (Å²) in [5.41, 5.74) is 2.50. The standard InChI is InChI=1S/C14H16N2O3/c1-9-4-5-13(19-3)12(6-9)16-8-11(7-14(17)18)15-10(16)2/h4-6,8H,7H2,1-3H3,(H,17,18). The third kappa shape index (κ3) is 2.76. The van der Waals surface area contributed by atoms with Gasteiger partial charge in [0.15, 0.2) is 0 Å². The Labute approximate surface area is 111 Å². The second kappa shape index (κ2) is 5.14. The van der Waals surface area contributed by atoms with E-state index in [0.29, 0.717) is 5.69 Å². The number of carboxylic acid groups (broad SMARTS) is 1. The summed E-state index contributed by atoms with van der Waals surface area (Å²) in [4.78, 5) is 15.0. The van der Waals surface area contributed by atoms with E-state index in [0.717, 1.165) is 22.8 Å². The lowest BCUT2D eigenvalue weighted by molar-refractivity contribution is -0.136. The summed E-state index contributed by atoms with van der Waals surface area (Å²) in [5, 5.41) is 8.81. The summed E-state index contributed by atoms with van der Waals surface area (Å²) in [6.07, 6.45) is 1.66. The lowest BCUT2D eigenvalue weighted by Crippen LogP contribution is -2.00. The summed E-state index contributed by atoms with van der Waals surface area (Å²) in [6.45, 7) is 3.83. The van der Waals surface area contributed by atoms with Gasteiger partial charge in [-0.15, -0.1) is 0 Å². The SMILES string of the molecule is COc1ccc(C)cc1-n1cc(CC(=O)O)nc1C. The van der Waals surface area contributed by atoms with Crippen LogP contribution in [0.15, 0.2) is 24.4 Å². The van der Waals surface area contributed by atoms with Crippen LogP contribution in [0.3, 0.4) is 0 Å². The van der Waals surface area contributed by atoms with Crippen LogP contribution in [-0.2, 0) is 11.2 Å². The Morgan fingerprint density at radius 3 is 2.79 bits per heavy atom. The Morgan fingerprint density at radius 2 is 2.16 bits per heavy atom. The second-order valence-electron chi connectivity index (χ2n) is 4.40. The van der Waals surface area contributed by atoms with E-state index >= 15 is 0 Å². The molecule has 1 heterocycles. The molecule has 0 bridgehead atoms. The van der Waals surface area contributed by atoms with Crippen molar-refractivity contribution >= 4 is 5.97 Å². The van der Waals surface area contributed by atoms with Gasteiger partial charge in [-0.05, 0) is 31.5 Å². The number of aromatic nitrogens is 2. The van der Waals surface area contributed by atoms with E-state index in [-0.39, 0.29) is 6.42 Å². The van der Waals surface area contributed by atoms with Gasteiger partial charge in [0.25, 0.3) is 0 Å². The molecule has 0 saturated carbocycles. The molecule has 19 heavy (non-hydrogen) atoms.